The summed E-state index contributed by atoms with van der Waals surface area (Å²) >= 11 is 0. The van der Waals surface area contributed by atoms with Crippen molar-refractivity contribution >= 4 is 0 Å². The standard InChI is InChI=1S/C17H24F2N2O2/c1-12-3-4-13(17(19)16(12)18)9-20-5-2-6-21(8-7-20)14-10-23-11-15(14)22/h3-4,14-15,22H,2,5-11H2,1H3/t14-,15-/m1/s1. The number of aryl methyl sites for hydroxylation is 1. The van der Waals surface area contributed by atoms with Gasteiger partial charge in [-0.15, -0.1) is 0 Å². The minimum absolute atomic E-state index is 0.0588. The Morgan fingerprint density at radius 1 is 1.13 bits per heavy atom. The zero-order valence-corrected chi connectivity index (χ0v) is 13.5. The molecule has 2 saturated heterocycles. The largest absolute Gasteiger partial charge is 0.389 e. The van der Waals surface area contributed by atoms with Gasteiger partial charge in [0.1, 0.15) is 0 Å². The fraction of sp³-hybridized carbons (Fsp3) is 0.647. The minimum Gasteiger partial charge on any atom is -0.389 e. The molecule has 1 aromatic rings. The van der Waals surface area contributed by atoms with E-state index in [2.05, 4.69) is 9.80 Å². The topological polar surface area (TPSA) is 35.9 Å². The van der Waals surface area contributed by atoms with Gasteiger partial charge in [-0.2, -0.15) is 0 Å². The highest BCUT2D eigenvalue weighted by Gasteiger charge is 2.32. The number of rotatable bonds is 3. The highest BCUT2D eigenvalue weighted by Crippen LogP contribution is 2.20. The first-order valence-electron chi connectivity index (χ1n) is 8.22. The van der Waals surface area contributed by atoms with Crippen molar-refractivity contribution in [2.45, 2.75) is 32.0 Å². The lowest BCUT2D eigenvalue weighted by Gasteiger charge is -2.28. The molecule has 2 fully saturated rings. The Bertz CT molecular complexity index is 556. The van der Waals surface area contributed by atoms with Crippen LogP contribution in [0.1, 0.15) is 17.5 Å². The van der Waals surface area contributed by atoms with E-state index < -0.39 is 17.7 Å². The molecular weight excluding hydrogens is 302 g/mol. The lowest BCUT2D eigenvalue weighted by Crippen LogP contribution is -2.44. The zero-order chi connectivity index (χ0) is 16.4. The molecule has 2 atom stereocenters. The number of aliphatic hydroxyl groups is 1. The Hall–Kier alpha value is -1.08. The molecule has 23 heavy (non-hydrogen) atoms. The van der Waals surface area contributed by atoms with Crippen molar-refractivity contribution in [2.75, 3.05) is 39.4 Å². The number of hydrogen-bond donors (Lipinski definition) is 1. The molecule has 128 valence electrons. The van der Waals surface area contributed by atoms with Gasteiger partial charge in [0, 0.05) is 25.2 Å². The summed E-state index contributed by atoms with van der Waals surface area (Å²) in [7, 11) is 0. The molecular formula is C17H24F2N2O2. The van der Waals surface area contributed by atoms with Crippen LogP contribution in [0.25, 0.3) is 0 Å². The second kappa shape index (κ2) is 7.21. The lowest BCUT2D eigenvalue weighted by atomic mass is 10.1. The summed E-state index contributed by atoms with van der Waals surface area (Å²) in [5, 5.41) is 9.96. The van der Waals surface area contributed by atoms with Gasteiger partial charge in [0.05, 0.1) is 25.4 Å². The van der Waals surface area contributed by atoms with Crippen LogP contribution in [0.2, 0.25) is 0 Å². The maximum absolute atomic E-state index is 14.0. The summed E-state index contributed by atoms with van der Waals surface area (Å²) < 4.78 is 33.1. The smallest absolute Gasteiger partial charge is 0.163 e. The van der Waals surface area contributed by atoms with Crippen LogP contribution < -0.4 is 0 Å². The average Bonchev–Trinajstić information content (AvgIpc) is 2.83. The maximum atomic E-state index is 14.0. The molecule has 1 aromatic carbocycles. The van der Waals surface area contributed by atoms with Crippen LogP contribution in [0.4, 0.5) is 8.78 Å². The minimum atomic E-state index is -0.745. The molecule has 0 radical (unpaired) electrons. The molecule has 1 N–H and O–H groups in total. The van der Waals surface area contributed by atoms with Crippen molar-refractivity contribution in [3.05, 3.63) is 34.9 Å². The van der Waals surface area contributed by atoms with Gasteiger partial charge in [-0.3, -0.25) is 9.80 Å². The van der Waals surface area contributed by atoms with Gasteiger partial charge >= 0.3 is 0 Å². The Morgan fingerprint density at radius 3 is 2.70 bits per heavy atom. The molecule has 0 aliphatic carbocycles. The van der Waals surface area contributed by atoms with Gasteiger partial charge in [0.15, 0.2) is 11.6 Å². The fourth-order valence-electron chi connectivity index (χ4n) is 3.41. The number of ether oxygens (including phenoxy) is 1. The van der Waals surface area contributed by atoms with Crippen LogP contribution in [0.15, 0.2) is 12.1 Å². The molecule has 2 aliphatic rings. The van der Waals surface area contributed by atoms with Crippen LogP contribution >= 0.6 is 0 Å². The van der Waals surface area contributed by atoms with Crippen LogP contribution in [0.3, 0.4) is 0 Å². The Balaban J connectivity index is 1.61. The van der Waals surface area contributed by atoms with E-state index in [9.17, 15) is 13.9 Å². The number of hydrogen-bond acceptors (Lipinski definition) is 4. The lowest BCUT2D eigenvalue weighted by molar-refractivity contribution is 0.0837. The monoisotopic (exact) mass is 326 g/mol. The third-order valence-electron chi connectivity index (χ3n) is 4.86. The van der Waals surface area contributed by atoms with E-state index in [0.717, 1.165) is 32.6 Å². The second-order valence-corrected chi connectivity index (χ2v) is 6.51. The third kappa shape index (κ3) is 3.71. The molecule has 0 unspecified atom stereocenters. The van der Waals surface area contributed by atoms with E-state index in [4.69, 9.17) is 4.74 Å². The summed E-state index contributed by atoms with van der Waals surface area (Å²) in [5.74, 6) is -1.48. The van der Waals surface area contributed by atoms with Gasteiger partial charge in [0.2, 0.25) is 0 Å². The molecule has 2 heterocycles. The zero-order valence-electron chi connectivity index (χ0n) is 13.5. The number of halogens is 2. The molecule has 0 aromatic heterocycles. The number of benzene rings is 1. The summed E-state index contributed by atoms with van der Waals surface area (Å²) in [6.45, 7) is 6.28. The van der Waals surface area contributed by atoms with Crippen molar-refractivity contribution in [3.63, 3.8) is 0 Å². The quantitative estimate of drug-likeness (QED) is 0.914. The van der Waals surface area contributed by atoms with Gasteiger partial charge in [-0.25, -0.2) is 8.78 Å². The van der Waals surface area contributed by atoms with E-state index in [-0.39, 0.29) is 6.04 Å². The van der Waals surface area contributed by atoms with E-state index in [1.165, 1.54) is 0 Å². The molecule has 6 heteroatoms. The second-order valence-electron chi connectivity index (χ2n) is 6.51. The van der Waals surface area contributed by atoms with E-state index >= 15 is 0 Å². The molecule has 0 saturated carbocycles. The van der Waals surface area contributed by atoms with Crippen LogP contribution in [0.5, 0.6) is 0 Å². The maximum Gasteiger partial charge on any atom is 0.163 e. The summed E-state index contributed by atoms with van der Waals surface area (Å²) in [6, 6.07) is 3.36. The summed E-state index contributed by atoms with van der Waals surface area (Å²) in [6.07, 6.45) is 0.518. The Kier molecular flexibility index (Phi) is 5.26. The Labute approximate surface area is 135 Å². The van der Waals surface area contributed by atoms with Gasteiger partial charge in [-0.05, 0) is 32.0 Å². The van der Waals surface area contributed by atoms with Crippen molar-refractivity contribution in [1.82, 2.24) is 9.80 Å². The predicted molar refractivity (Wildman–Crippen MR) is 83.2 cm³/mol. The van der Waals surface area contributed by atoms with Gasteiger partial charge in [-0.1, -0.05) is 12.1 Å². The highest BCUT2D eigenvalue weighted by atomic mass is 19.2. The van der Waals surface area contributed by atoms with E-state index in [1.54, 1.807) is 19.1 Å². The first kappa shape index (κ1) is 16.8. The molecule has 0 spiro atoms. The first-order valence-corrected chi connectivity index (χ1v) is 8.22. The summed E-state index contributed by atoms with van der Waals surface area (Å²) in [4.78, 5) is 4.40. The van der Waals surface area contributed by atoms with Crippen LogP contribution in [-0.4, -0.2) is 66.4 Å². The van der Waals surface area contributed by atoms with Crippen LogP contribution in [0, 0.1) is 18.6 Å². The predicted octanol–water partition coefficient (Wildman–Crippen LogP) is 1.54. The summed E-state index contributed by atoms with van der Waals surface area (Å²) in [5.41, 5.74) is 0.745. The fourth-order valence-corrected chi connectivity index (χ4v) is 3.41. The van der Waals surface area contributed by atoms with Gasteiger partial charge in [0.25, 0.3) is 0 Å². The SMILES string of the molecule is Cc1ccc(CN2CCCN([C@@H]3COC[C@H]3O)CC2)c(F)c1F. The number of nitrogens with zero attached hydrogens (tertiary/aromatic N) is 2. The van der Waals surface area contributed by atoms with Crippen LogP contribution in [-0.2, 0) is 11.3 Å². The third-order valence-corrected chi connectivity index (χ3v) is 4.86. The van der Waals surface area contributed by atoms with Gasteiger partial charge < -0.3 is 9.84 Å². The average molecular weight is 326 g/mol. The van der Waals surface area contributed by atoms with E-state index in [0.29, 0.717) is 30.9 Å². The van der Waals surface area contributed by atoms with Crippen molar-refractivity contribution in [3.8, 4) is 0 Å². The van der Waals surface area contributed by atoms with Crippen molar-refractivity contribution in [1.29, 1.82) is 0 Å². The molecule has 2 aliphatic heterocycles. The molecule has 4 nitrogen and oxygen atoms in total. The molecule has 0 bridgehead atoms. The Morgan fingerprint density at radius 2 is 1.96 bits per heavy atom. The first-order chi connectivity index (χ1) is 11.1. The normalized spacial score (nSPS) is 27.3. The van der Waals surface area contributed by atoms with Crippen molar-refractivity contribution in [2.24, 2.45) is 0 Å². The number of aliphatic hydroxyl groups excluding tert-OH is 1. The van der Waals surface area contributed by atoms with E-state index in [1.807, 2.05) is 0 Å². The van der Waals surface area contributed by atoms with Crippen molar-refractivity contribution < 1.29 is 18.6 Å². The molecule has 3 rings (SSSR count). The highest BCUT2D eigenvalue weighted by molar-refractivity contribution is 5.25. The molecule has 0 amide bonds.